The summed E-state index contributed by atoms with van der Waals surface area (Å²) in [5.41, 5.74) is 0.157. The normalized spacial score (nSPS) is 10.8. The largest absolute Gasteiger partial charge is 0.465 e. The summed E-state index contributed by atoms with van der Waals surface area (Å²) < 4.78 is 11.1. The zero-order valence-corrected chi connectivity index (χ0v) is 9.91. The van der Waals surface area contributed by atoms with Gasteiger partial charge in [-0.3, -0.25) is 4.79 Å². The molecule has 3 heterocycles. The molecule has 0 radical (unpaired) electrons. The lowest BCUT2D eigenvalue weighted by Crippen LogP contribution is -2.12. The first-order valence-electron chi connectivity index (χ1n) is 5.44. The van der Waals surface area contributed by atoms with Crippen molar-refractivity contribution in [3.8, 4) is 11.6 Å². The fraction of sp³-hybridized carbons (Fsp3) is 0.0833. The van der Waals surface area contributed by atoms with E-state index >= 15 is 0 Å². The number of furan rings is 1. The highest BCUT2D eigenvalue weighted by Gasteiger charge is 2.13. The van der Waals surface area contributed by atoms with E-state index in [1.165, 1.54) is 30.2 Å². The number of fused-ring (bicyclic) bond motifs is 1. The summed E-state index contributed by atoms with van der Waals surface area (Å²) >= 11 is 0. The van der Waals surface area contributed by atoms with E-state index in [1.807, 2.05) is 0 Å². The number of ether oxygens (including phenoxy) is 1. The molecule has 0 bridgehead atoms. The molecule has 7 nitrogen and oxygen atoms in total. The number of hydrogen-bond donors (Lipinski definition) is 1. The molecule has 19 heavy (non-hydrogen) atoms. The molecule has 0 fully saturated rings. The highest BCUT2D eigenvalue weighted by Crippen LogP contribution is 2.14. The van der Waals surface area contributed by atoms with Crippen LogP contribution in [0.25, 0.3) is 17.1 Å². The summed E-state index contributed by atoms with van der Waals surface area (Å²) in [7, 11) is 1.27. The van der Waals surface area contributed by atoms with E-state index in [1.54, 1.807) is 12.1 Å². The minimum absolute atomic E-state index is 0.260. The van der Waals surface area contributed by atoms with Crippen molar-refractivity contribution in [1.29, 1.82) is 0 Å². The Balaban J connectivity index is 2.21. The van der Waals surface area contributed by atoms with Gasteiger partial charge in [0.15, 0.2) is 11.6 Å². The lowest BCUT2D eigenvalue weighted by Gasteiger charge is -1.97. The van der Waals surface area contributed by atoms with Crippen LogP contribution in [-0.4, -0.2) is 27.7 Å². The van der Waals surface area contributed by atoms with Crippen LogP contribution in [0.5, 0.6) is 0 Å². The Kier molecular flexibility index (Phi) is 2.45. The molecule has 3 rings (SSSR count). The molecule has 3 aromatic rings. The number of carbonyl (C=O) groups excluding carboxylic acids is 1. The standard InChI is InChI=1S/C12H9N3O4/c1-18-12(17)7-5-8-11(16)13-10(14-15(8)6-7)9-3-2-4-19-9/h2-6H,1H3,(H,13,14,16). The average molecular weight is 259 g/mol. The summed E-state index contributed by atoms with van der Waals surface area (Å²) in [5, 5.41) is 4.18. The minimum atomic E-state index is -0.524. The smallest absolute Gasteiger partial charge is 0.339 e. The second kappa shape index (κ2) is 4.13. The molecule has 1 N–H and O–H groups in total. The molecular formula is C12H9N3O4. The molecule has 0 aliphatic rings. The Bertz CT molecular complexity index is 798. The lowest BCUT2D eigenvalue weighted by molar-refractivity contribution is 0.0601. The van der Waals surface area contributed by atoms with Gasteiger partial charge in [0.2, 0.25) is 0 Å². The van der Waals surface area contributed by atoms with Gasteiger partial charge in [-0.25, -0.2) is 9.31 Å². The van der Waals surface area contributed by atoms with Gasteiger partial charge in [0.1, 0.15) is 5.52 Å². The summed E-state index contributed by atoms with van der Waals surface area (Å²) in [6, 6.07) is 4.79. The maximum Gasteiger partial charge on any atom is 0.339 e. The van der Waals surface area contributed by atoms with Crippen molar-refractivity contribution < 1.29 is 13.9 Å². The first-order chi connectivity index (χ1) is 9.19. The van der Waals surface area contributed by atoms with Crippen LogP contribution in [0.2, 0.25) is 0 Å². The third-order valence-electron chi connectivity index (χ3n) is 2.65. The van der Waals surface area contributed by atoms with Gasteiger partial charge in [0.25, 0.3) is 5.56 Å². The van der Waals surface area contributed by atoms with Crippen molar-refractivity contribution in [1.82, 2.24) is 14.6 Å². The van der Waals surface area contributed by atoms with E-state index in [2.05, 4.69) is 14.8 Å². The number of H-pyrrole nitrogens is 1. The van der Waals surface area contributed by atoms with Crippen LogP contribution >= 0.6 is 0 Å². The number of nitrogens with zero attached hydrogens (tertiary/aromatic N) is 2. The van der Waals surface area contributed by atoms with Crippen LogP contribution in [-0.2, 0) is 4.74 Å². The lowest BCUT2D eigenvalue weighted by atomic mass is 10.3. The van der Waals surface area contributed by atoms with Gasteiger partial charge in [-0.15, -0.1) is 5.10 Å². The Labute approximate surface area is 106 Å². The van der Waals surface area contributed by atoms with E-state index < -0.39 is 5.97 Å². The Morgan fingerprint density at radius 1 is 1.53 bits per heavy atom. The van der Waals surface area contributed by atoms with E-state index in [4.69, 9.17) is 4.42 Å². The highest BCUT2D eigenvalue weighted by atomic mass is 16.5. The van der Waals surface area contributed by atoms with Gasteiger partial charge >= 0.3 is 5.97 Å². The van der Waals surface area contributed by atoms with Gasteiger partial charge in [-0.05, 0) is 18.2 Å². The van der Waals surface area contributed by atoms with Gasteiger partial charge < -0.3 is 14.1 Å². The number of methoxy groups -OCH3 is 1. The first kappa shape index (κ1) is 11.3. The quantitative estimate of drug-likeness (QED) is 0.695. The summed E-state index contributed by atoms with van der Waals surface area (Å²) in [4.78, 5) is 25.9. The third kappa shape index (κ3) is 1.81. The monoisotopic (exact) mass is 259 g/mol. The van der Waals surface area contributed by atoms with Crippen LogP contribution in [0, 0.1) is 0 Å². The molecule has 0 atom stereocenters. The van der Waals surface area contributed by atoms with Gasteiger partial charge in [0.05, 0.1) is 18.9 Å². The Morgan fingerprint density at radius 2 is 2.37 bits per heavy atom. The summed E-state index contributed by atoms with van der Waals surface area (Å²) in [5.74, 6) is 0.200. The average Bonchev–Trinajstić information content (AvgIpc) is 3.06. The molecular weight excluding hydrogens is 250 g/mol. The molecule has 0 unspecified atom stereocenters. The first-order valence-corrected chi connectivity index (χ1v) is 5.44. The topological polar surface area (TPSA) is 89.6 Å². The van der Waals surface area contributed by atoms with Crippen molar-refractivity contribution >= 4 is 11.5 Å². The van der Waals surface area contributed by atoms with Crippen molar-refractivity contribution in [2.45, 2.75) is 0 Å². The van der Waals surface area contributed by atoms with Crippen LogP contribution in [0.4, 0.5) is 0 Å². The van der Waals surface area contributed by atoms with Crippen molar-refractivity contribution in [2.75, 3.05) is 7.11 Å². The molecule has 7 heteroatoms. The molecule has 0 amide bonds. The zero-order chi connectivity index (χ0) is 13.4. The molecule has 0 spiro atoms. The number of hydrogen-bond acceptors (Lipinski definition) is 5. The fourth-order valence-corrected chi connectivity index (χ4v) is 1.76. The zero-order valence-electron chi connectivity index (χ0n) is 9.91. The SMILES string of the molecule is COC(=O)c1cc2c(=O)[nH]c(-c3ccco3)nn2c1. The van der Waals surface area contributed by atoms with E-state index in [-0.39, 0.29) is 22.5 Å². The molecule has 0 saturated heterocycles. The van der Waals surface area contributed by atoms with E-state index in [9.17, 15) is 9.59 Å². The molecule has 0 saturated carbocycles. The van der Waals surface area contributed by atoms with Crippen molar-refractivity contribution in [3.63, 3.8) is 0 Å². The second-order valence-corrected chi connectivity index (χ2v) is 3.83. The molecule has 3 aromatic heterocycles. The molecule has 0 aliphatic carbocycles. The van der Waals surface area contributed by atoms with Crippen molar-refractivity contribution in [2.24, 2.45) is 0 Å². The van der Waals surface area contributed by atoms with Crippen LogP contribution < -0.4 is 5.56 Å². The summed E-state index contributed by atoms with van der Waals surface area (Å²) in [6.07, 6.45) is 2.91. The minimum Gasteiger partial charge on any atom is -0.465 e. The van der Waals surface area contributed by atoms with E-state index in [0.29, 0.717) is 5.76 Å². The van der Waals surface area contributed by atoms with E-state index in [0.717, 1.165) is 0 Å². The molecule has 0 aliphatic heterocycles. The van der Waals surface area contributed by atoms with Crippen LogP contribution in [0.1, 0.15) is 10.4 Å². The predicted octanol–water partition coefficient (Wildman–Crippen LogP) is 1.07. The summed E-state index contributed by atoms with van der Waals surface area (Å²) in [6.45, 7) is 0. The molecule has 0 aromatic carbocycles. The number of aromatic amines is 1. The molecule has 96 valence electrons. The Morgan fingerprint density at radius 3 is 3.05 bits per heavy atom. The Hall–Kier alpha value is -2.83. The second-order valence-electron chi connectivity index (χ2n) is 3.83. The van der Waals surface area contributed by atoms with Gasteiger partial charge in [0, 0.05) is 6.20 Å². The number of aromatic nitrogens is 3. The third-order valence-corrected chi connectivity index (χ3v) is 2.65. The van der Waals surface area contributed by atoms with Crippen molar-refractivity contribution in [3.05, 3.63) is 46.6 Å². The van der Waals surface area contributed by atoms with Gasteiger partial charge in [-0.1, -0.05) is 0 Å². The highest BCUT2D eigenvalue weighted by molar-refractivity contribution is 5.90. The number of carbonyl (C=O) groups is 1. The number of nitrogens with one attached hydrogen (secondary N) is 1. The fourth-order valence-electron chi connectivity index (χ4n) is 1.76. The van der Waals surface area contributed by atoms with Crippen LogP contribution in [0.3, 0.4) is 0 Å². The number of rotatable bonds is 2. The predicted molar refractivity (Wildman–Crippen MR) is 64.9 cm³/mol. The van der Waals surface area contributed by atoms with Crippen LogP contribution in [0.15, 0.2) is 39.9 Å². The maximum atomic E-state index is 11.9. The maximum absolute atomic E-state index is 11.9. The number of esters is 1. The van der Waals surface area contributed by atoms with Gasteiger partial charge in [-0.2, -0.15) is 0 Å².